The minimum atomic E-state index is 0. The molecule has 0 bridgehead atoms. The molecule has 22 heavy (non-hydrogen) atoms. The summed E-state index contributed by atoms with van der Waals surface area (Å²) in [7, 11) is 1.97. The Kier molecular flexibility index (Phi) is 8.18. The van der Waals surface area contributed by atoms with Gasteiger partial charge in [-0.15, -0.1) is 12.4 Å². The molecule has 128 valence electrons. The molecule has 5 nitrogen and oxygen atoms in total. The fourth-order valence-electron chi connectivity index (χ4n) is 3.46. The van der Waals surface area contributed by atoms with E-state index in [4.69, 9.17) is 0 Å². The first kappa shape index (κ1) is 19.2. The lowest BCUT2D eigenvalue weighted by Crippen LogP contribution is -2.47. The predicted molar refractivity (Wildman–Crippen MR) is 90.1 cm³/mol. The number of nitrogens with zero attached hydrogens (tertiary/aromatic N) is 2. The zero-order valence-corrected chi connectivity index (χ0v) is 14.7. The van der Waals surface area contributed by atoms with Crippen LogP contribution in [0.1, 0.15) is 45.4 Å². The van der Waals surface area contributed by atoms with Gasteiger partial charge in [0.05, 0.1) is 0 Å². The number of piperidine rings is 2. The van der Waals surface area contributed by atoms with Crippen molar-refractivity contribution in [2.45, 2.75) is 51.5 Å². The van der Waals surface area contributed by atoms with Crippen molar-refractivity contribution in [3.05, 3.63) is 0 Å². The van der Waals surface area contributed by atoms with Crippen molar-refractivity contribution in [1.82, 2.24) is 15.1 Å². The molecule has 0 aromatic heterocycles. The van der Waals surface area contributed by atoms with E-state index in [9.17, 15) is 9.59 Å². The standard InChI is InChI=1S/C16H29N3O2.ClH/c1-13(20)18-10-7-14(8-11-18)5-6-16(21)19-9-3-4-15(12-19)17-2;/h14-15,17H,3-12H2,1-2H3;1H. The predicted octanol–water partition coefficient (Wildman–Crippen LogP) is 1.66. The molecule has 0 aliphatic carbocycles. The quantitative estimate of drug-likeness (QED) is 0.852. The molecule has 0 aromatic carbocycles. The first-order valence-electron chi connectivity index (χ1n) is 8.30. The number of likely N-dealkylation sites (N-methyl/N-ethyl adjacent to an activating group) is 1. The van der Waals surface area contributed by atoms with Gasteiger partial charge in [0.25, 0.3) is 0 Å². The van der Waals surface area contributed by atoms with Crippen LogP contribution in [0.5, 0.6) is 0 Å². The third kappa shape index (κ3) is 5.43. The number of nitrogens with one attached hydrogen (secondary N) is 1. The molecular formula is C16H30ClN3O2. The van der Waals surface area contributed by atoms with Crippen LogP contribution < -0.4 is 5.32 Å². The largest absolute Gasteiger partial charge is 0.343 e. The normalized spacial score (nSPS) is 23.1. The lowest BCUT2D eigenvalue weighted by Gasteiger charge is -2.34. The smallest absolute Gasteiger partial charge is 0.222 e. The topological polar surface area (TPSA) is 52.7 Å². The fourth-order valence-corrected chi connectivity index (χ4v) is 3.46. The summed E-state index contributed by atoms with van der Waals surface area (Å²) in [6.07, 6.45) is 6.02. The number of rotatable bonds is 4. The monoisotopic (exact) mass is 331 g/mol. The van der Waals surface area contributed by atoms with Gasteiger partial charge in [-0.25, -0.2) is 0 Å². The minimum Gasteiger partial charge on any atom is -0.343 e. The second kappa shape index (κ2) is 9.36. The molecule has 0 saturated carbocycles. The van der Waals surface area contributed by atoms with Gasteiger partial charge in [0.15, 0.2) is 0 Å². The summed E-state index contributed by atoms with van der Waals surface area (Å²) in [5, 5.41) is 3.28. The van der Waals surface area contributed by atoms with Crippen molar-refractivity contribution in [3.63, 3.8) is 0 Å². The number of hydrogen-bond acceptors (Lipinski definition) is 3. The Morgan fingerprint density at radius 2 is 1.77 bits per heavy atom. The average Bonchev–Trinajstić information content (AvgIpc) is 2.53. The molecule has 1 unspecified atom stereocenters. The van der Waals surface area contributed by atoms with E-state index in [1.165, 1.54) is 6.42 Å². The highest BCUT2D eigenvalue weighted by Crippen LogP contribution is 2.23. The fraction of sp³-hybridized carbons (Fsp3) is 0.875. The van der Waals surface area contributed by atoms with E-state index < -0.39 is 0 Å². The second-order valence-corrected chi connectivity index (χ2v) is 6.46. The van der Waals surface area contributed by atoms with E-state index in [2.05, 4.69) is 5.32 Å². The highest BCUT2D eigenvalue weighted by Gasteiger charge is 2.25. The Hall–Kier alpha value is -0.810. The number of amides is 2. The zero-order valence-electron chi connectivity index (χ0n) is 13.8. The van der Waals surface area contributed by atoms with E-state index in [1.54, 1.807) is 6.92 Å². The molecule has 2 amide bonds. The number of carbonyl (C=O) groups excluding carboxylic acids is 2. The molecule has 1 N–H and O–H groups in total. The van der Waals surface area contributed by atoms with Gasteiger partial charge in [-0.05, 0) is 45.1 Å². The van der Waals surface area contributed by atoms with Crippen molar-refractivity contribution in [2.75, 3.05) is 33.2 Å². The summed E-state index contributed by atoms with van der Waals surface area (Å²) in [6, 6.07) is 0.460. The highest BCUT2D eigenvalue weighted by atomic mass is 35.5. The van der Waals surface area contributed by atoms with Gasteiger partial charge in [-0.2, -0.15) is 0 Å². The molecule has 0 spiro atoms. The summed E-state index contributed by atoms with van der Waals surface area (Å²) in [5.41, 5.74) is 0. The van der Waals surface area contributed by atoms with Crippen LogP contribution in [-0.4, -0.2) is 60.9 Å². The maximum Gasteiger partial charge on any atom is 0.222 e. The van der Waals surface area contributed by atoms with Gasteiger partial charge >= 0.3 is 0 Å². The maximum atomic E-state index is 12.3. The summed E-state index contributed by atoms with van der Waals surface area (Å²) >= 11 is 0. The molecule has 2 saturated heterocycles. The Labute approximate surface area is 140 Å². The van der Waals surface area contributed by atoms with Crippen LogP contribution in [0.2, 0.25) is 0 Å². The second-order valence-electron chi connectivity index (χ2n) is 6.46. The van der Waals surface area contributed by atoms with E-state index in [-0.39, 0.29) is 18.3 Å². The molecule has 2 fully saturated rings. The maximum absolute atomic E-state index is 12.3. The van der Waals surface area contributed by atoms with Crippen LogP contribution in [0.4, 0.5) is 0 Å². The molecule has 2 aliphatic heterocycles. The molecule has 2 rings (SSSR count). The van der Waals surface area contributed by atoms with E-state index in [0.717, 1.165) is 51.9 Å². The first-order valence-corrected chi connectivity index (χ1v) is 8.30. The Morgan fingerprint density at radius 3 is 2.36 bits per heavy atom. The molecule has 0 aromatic rings. The zero-order chi connectivity index (χ0) is 15.2. The van der Waals surface area contributed by atoms with Gasteiger partial charge in [0, 0.05) is 45.6 Å². The molecular weight excluding hydrogens is 302 g/mol. The lowest BCUT2D eigenvalue weighted by atomic mass is 9.91. The van der Waals surface area contributed by atoms with Crippen LogP contribution in [0, 0.1) is 5.92 Å². The van der Waals surface area contributed by atoms with Crippen LogP contribution in [0.25, 0.3) is 0 Å². The molecule has 1 atom stereocenters. The van der Waals surface area contributed by atoms with Crippen LogP contribution in [0.15, 0.2) is 0 Å². The Balaban J connectivity index is 0.00000242. The van der Waals surface area contributed by atoms with E-state index in [0.29, 0.717) is 24.3 Å². The van der Waals surface area contributed by atoms with Gasteiger partial charge in [-0.3, -0.25) is 9.59 Å². The van der Waals surface area contributed by atoms with Crippen molar-refractivity contribution in [1.29, 1.82) is 0 Å². The third-order valence-electron chi connectivity index (χ3n) is 5.01. The first-order chi connectivity index (χ1) is 10.1. The molecule has 0 radical (unpaired) electrons. The van der Waals surface area contributed by atoms with Crippen LogP contribution in [-0.2, 0) is 9.59 Å². The number of carbonyl (C=O) groups is 2. The molecule has 2 aliphatic rings. The molecule has 6 heteroatoms. The Morgan fingerprint density at radius 1 is 1.09 bits per heavy atom. The van der Waals surface area contributed by atoms with Crippen molar-refractivity contribution >= 4 is 24.2 Å². The number of likely N-dealkylation sites (tertiary alicyclic amines) is 2. The SMILES string of the molecule is CNC1CCCN(C(=O)CCC2CCN(C(C)=O)CC2)C1.Cl. The average molecular weight is 332 g/mol. The van der Waals surface area contributed by atoms with E-state index >= 15 is 0 Å². The van der Waals surface area contributed by atoms with E-state index in [1.807, 2.05) is 16.8 Å². The summed E-state index contributed by atoms with van der Waals surface area (Å²) in [6.45, 7) is 5.13. The highest BCUT2D eigenvalue weighted by molar-refractivity contribution is 5.85. The van der Waals surface area contributed by atoms with Crippen LogP contribution in [0.3, 0.4) is 0 Å². The van der Waals surface area contributed by atoms with Crippen molar-refractivity contribution in [2.24, 2.45) is 5.92 Å². The lowest BCUT2D eigenvalue weighted by molar-refractivity contribution is -0.133. The van der Waals surface area contributed by atoms with Gasteiger partial charge < -0.3 is 15.1 Å². The minimum absolute atomic E-state index is 0. The summed E-state index contributed by atoms with van der Waals surface area (Å²) < 4.78 is 0. The third-order valence-corrected chi connectivity index (χ3v) is 5.01. The summed E-state index contributed by atoms with van der Waals surface area (Å²) in [4.78, 5) is 27.5. The number of halogens is 1. The Bertz CT molecular complexity index is 370. The van der Waals surface area contributed by atoms with Crippen molar-refractivity contribution < 1.29 is 9.59 Å². The number of hydrogen-bond donors (Lipinski definition) is 1. The van der Waals surface area contributed by atoms with Gasteiger partial charge in [0.1, 0.15) is 0 Å². The van der Waals surface area contributed by atoms with Crippen LogP contribution >= 0.6 is 12.4 Å². The summed E-state index contributed by atoms with van der Waals surface area (Å²) in [5.74, 6) is 1.09. The van der Waals surface area contributed by atoms with Crippen molar-refractivity contribution in [3.8, 4) is 0 Å². The van der Waals surface area contributed by atoms with Gasteiger partial charge in [0.2, 0.25) is 11.8 Å². The van der Waals surface area contributed by atoms with Gasteiger partial charge in [-0.1, -0.05) is 0 Å². The molecule has 2 heterocycles.